The number of hydrogen-bond acceptors (Lipinski definition) is 3. The Bertz CT molecular complexity index is 392. The van der Waals surface area contributed by atoms with E-state index < -0.39 is 0 Å². The normalized spacial score (nSPS) is 27.9. The van der Waals surface area contributed by atoms with Crippen LogP contribution in [0, 0.1) is 16.7 Å². The third-order valence-corrected chi connectivity index (χ3v) is 5.29. The maximum atomic E-state index is 12.1. The first-order valence-corrected chi connectivity index (χ1v) is 7.65. The Morgan fingerprint density at radius 2 is 2.00 bits per heavy atom. The highest BCUT2D eigenvalue weighted by molar-refractivity contribution is 5.85. The molecule has 4 nitrogen and oxygen atoms in total. The number of nitrogens with one attached hydrogen (secondary N) is 1. The van der Waals surface area contributed by atoms with Gasteiger partial charge in [0.1, 0.15) is 6.04 Å². The Morgan fingerprint density at radius 1 is 1.30 bits per heavy atom. The summed E-state index contributed by atoms with van der Waals surface area (Å²) < 4.78 is 0. The van der Waals surface area contributed by atoms with Crippen molar-refractivity contribution in [3.63, 3.8) is 0 Å². The van der Waals surface area contributed by atoms with E-state index in [-0.39, 0.29) is 24.4 Å². The standard InChI is InChI=1S/C15H23N3O.ClH/c16-10-13-4-3-7-18(13)14(19)11-17-12-8-15(9-12)5-1-2-6-15;/h12-13,17H,1-9,11H2;1H/t13-;/m0./s1. The predicted molar refractivity (Wildman–Crippen MR) is 79.5 cm³/mol. The molecule has 3 aliphatic rings. The molecule has 1 amide bonds. The van der Waals surface area contributed by atoms with Crippen molar-refractivity contribution < 1.29 is 4.79 Å². The second kappa shape index (κ2) is 6.32. The second-order valence-electron chi connectivity index (χ2n) is 6.57. The highest BCUT2D eigenvalue weighted by Gasteiger charge is 2.45. The van der Waals surface area contributed by atoms with E-state index >= 15 is 0 Å². The lowest BCUT2D eigenvalue weighted by molar-refractivity contribution is -0.130. The molecule has 3 rings (SSSR count). The monoisotopic (exact) mass is 297 g/mol. The summed E-state index contributed by atoms with van der Waals surface area (Å²) in [4.78, 5) is 13.8. The van der Waals surface area contributed by atoms with Gasteiger partial charge in [0.05, 0.1) is 12.6 Å². The van der Waals surface area contributed by atoms with E-state index in [4.69, 9.17) is 5.26 Å². The maximum Gasteiger partial charge on any atom is 0.237 e. The van der Waals surface area contributed by atoms with Crippen LogP contribution in [0.25, 0.3) is 0 Å². The molecule has 1 spiro atoms. The summed E-state index contributed by atoms with van der Waals surface area (Å²) in [5.74, 6) is 0.108. The van der Waals surface area contributed by atoms with Gasteiger partial charge in [-0.15, -0.1) is 12.4 Å². The lowest BCUT2D eigenvalue weighted by Crippen LogP contribution is -2.51. The van der Waals surface area contributed by atoms with Crippen LogP contribution >= 0.6 is 12.4 Å². The molecular weight excluding hydrogens is 274 g/mol. The first kappa shape index (κ1) is 15.6. The minimum atomic E-state index is -0.183. The molecule has 1 aliphatic heterocycles. The molecule has 1 atom stereocenters. The van der Waals surface area contributed by atoms with Crippen LogP contribution in [0.2, 0.25) is 0 Å². The van der Waals surface area contributed by atoms with Crippen LogP contribution in [0.4, 0.5) is 0 Å². The van der Waals surface area contributed by atoms with Crippen LogP contribution in [-0.2, 0) is 4.79 Å². The molecule has 0 radical (unpaired) electrons. The van der Waals surface area contributed by atoms with Gasteiger partial charge in [-0.2, -0.15) is 5.26 Å². The van der Waals surface area contributed by atoms with Crippen LogP contribution in [0.1, 0.15) is 51.4 Å². The van der Waals surface area contributed by atoms with Gasteiger partial charge in [0, 0.05) is 12.6 Å². The van der Waals surface area contributed by atoms with E-state index in [1.165, 1.54) is 38.5 Å². The Hall–Kier alpha value is -0.790. The molecule has 3 fully saturated rings. The van der Waals surface area contributed by atoms with Crippen molar-refractivity contribution in [3.8, 4) is 6.07 Å². The zero-order chi connectivity index (χ0) is 13.3. The van der Waals surface area contributed by atoms with Gasteiger partial charge in [-0.1, -0.05) is 12.8 Å². The summed E-state index contributed by atoms with van der Waals surface area (Å²) >= 11 is 0. The molecule has 0 bridgehead atoms. The topological polar surface area (TPSA) is 56.1 Å². The SMILES string of the molecule is Cl.N#C[C@@H]1CCCN1C(=O)CNC1CC2(CCCC2)C1. The third kappa shape index (κ3) is 2.94. The molecule has 0 aromatic carbocycles. The van der Waals surface area contributed by atoms with Crippen molar-refractivity contribution in [2.75, 3.05) is 13.1 Å². The summed E-state index contributed by atoms with van der Waals surface area (Å²) in [7, 11) is 0. The van der Waals surface area contributed by atoms with Crippen molar-refractivity contribution in [1.82, 2.24) is 10.2 Å². The average Bonchev–Trinajstić information content (AvgIpc) is 3.02. The summed E-state index contributed by atoms with van der Waals surface area (Å²) in [5.41, 5.74) is 0.629. The summed E-state index contributed by atoms with van der Waals surface area (Å²) in [5, 5.41) is 12.4. The Balaban J connectivity index is 0.00000147. The fourth-order valence-electron chi connectivity index (χ4n) is 4.20. The Labute approximate surface area is 127 Å². The van der Waals surface area contributed by atoms with Gasteiger partial charge < -0.3 is 10.2 Å². The fourth-order valence-corrected chi connectivity index (χ4v) is 4.20. The smallest absolute Gasteiger partial charge is 0.237 e. The van der Waals surface area contributed by atoms with Crippen molar-refractivity contribution >= 4 is 18.3 Å². The van der Waals surface area contributed by atoms with Crippen LogP contribution < -0.4 is 5.32 Å². The highest BCUT2D eigenvalue weighted by Crippen LogP contribution is 2.53. The average molecular weight is 298 g/mol. The lowest BCUT2D eigenvalue weighted by Gasteiger charge is -2.46. The van der Waals surface area contributed by atoms with Crippen molar-refractivity contribution in [2.24, 2.45) is 5.41 Å². The number of likely N-dealkylation sites (tertiary alicyclic amines) is 1. The number of halogens is 1. The van der Waals surface area contributed by atoms with Crippen LogP contribution in [0.5, 0.6) is 0 Å². The number of nitrogens with zero attached hydrogens (tertiary/aromatic N) is 2. The highest BCUT2D eigenvalue weighted by atomic mass is 35.5. The molecule has 2 aliphatic carbocycles. The molecule has 5 heteroatoms. The lowest BCUT2D eigenvalue weighted by atomic mass is 9.64. The zero-order valence-corrected chi connectivity index (χ0v) is 12.8. The molecule has 2 saturated carbocycles. The van der Waals surface area contributed by atoms with Crippen LogP contribution in [0.3, 0.4) is 0 Å². The quantitative estimate of drug-likeness (QED) is 0.869. The van der Waals surface area contributed by atoms with Gasteiger partial charge in [0.15, 0.2) is 0 Å². The number of hydrogen-bond donors (Lipinski definition) is 1. The van der Waals surface area contributed by atoms with Gasteiger partial charge in [0.25, 0.3) is 0 Å². The van der Waals surface area contributed by atoms with Gasteiger partial charge in [-0.3, -0.25) is 4.79 Å². The number of nitriles is 1. The number of carbonyl (C=O) groups is 1. The number of carbonyl (C=O) groups excluding carboxylic acids is 1. The van der Waals surface area contributed by atoms with Crippen LogP contribution in [0.15, 0.2) is 0 Å². The largest absolute Gasteiger partial charge is 0.326 e. The summed E-state index contributed by atoms with van der Waals surface area (Å²) in [6.45, 7) is 1.17. The minimum Gasteiger partial charge on any atom is -0.326 e. The van der Waals surface area contributed by atoms with Gasteiger partial charge in [-0.25, -0.2) is 0 Å². The Morgan fingerprint density at radius 3 is 2.65 bits per heavy atom. The molecular formula is C15H24ClN3O. The molecule has 0 aromatic rings. The molecule has 1 saturated heterocycles. The molecule has 0 aromatic heterocycles. The van der Waals surface area contributed by atoms with E-state index in [0.717, 1.165) is 19.4 Å². The first-order valence-electron chi connectivity index (χ1n) is 7.65. The van der Waals surface area contributed by atoms with Crippen molar-refractivity contribution in [2.45, 2.75) is 63.5 Å². The maximum absolute atomic E-state index is 12.1. The van der Waals surface area contributed by atoms with E-state index in [0.29, 0.717) is 18.0 Å². The van der Waals surface area contributed by atoms with E-state index in [1.54, 1.807) is 4.90 Å². The van der Waals surface area contributed by atoms with Gasteiger partial charge in [0.2, 0.25) is 5.91 Å². The van der Waals surface area contributed by atoms with E-state index in [2.05, 4.69) is 11.4 Å². The minimum absolute atomic E-state index is 0. The number of amides is 1. The molecule has 1 heterocycles. The predicted octanol–water partition coefficient (Wildman–Crippen LogP) is 2.24. The van der Waals surface area contributed by atoms with E-state index in [1.807, 2.05) is 0 Å². The first-order chi connectivity index (χ1) is 9.22. The molecule has 112 valence electrons. The molecule has 0 unspecified atom stereocenters. The van der Waals surface area contributed by atoms with Gasteiger partial charge in [-0.05, 0) is 43.9 Å². The van der Waals surface area contributed by atoms with Crippen molar-refractivity contribution in [1.29, 1.82) is 5.26 Å². The number of rotatable bonds is 3. The Kier molecular flexibility index (Phi) is 4.93. The van der Waals surface area contributed by atoms with Crippen molar-refractivity contribution in [3.05, 3.63) is 0 Å². The second-order valence-corrected chi connectivity index (χ2v) is 6.57. The third-order valence-electron chi connectivity index (χ3n) is 5.29. The molecule has 1 N–H and O–H groups in total. The summed E-state index contributed by atoms with van der Waals surface area (Å²) in [6, 6.07) is 2.58. The van der Waals surface area contributed by atoms with Gasteiger partial charge >= 0.3 is 0 Å². The zero-order valence-electron chi connectivity index (χ0n) is 11.9. The van der Waals surface area contributed by atoms with E-state index in [9.17, 15) is 4.79 Å². The fraction of sp³-hybridized carbons (Fsp3) is 0.867. The van der Waals surface area contributed by atoms with Crippen LogP contribution in [-0.4, -0.2) is 36.0 Å². The summed E-state index contributed by atoms with van der Waals surface area (Å²) in [6.07, 6.45) is 9.88. The molecule has 20 heavy (non-hydrogen) atoms.